The van der Waals surface area contributed by atoms with Gasteiger partial charge >= 0.3 is 0 Å². The van der Waals surface area contributed by atoms with Gasteiger partial charge in [-0.05, 0) is 43.5 Å². The molecule has 1 aliphatic carbocycles. The third kappa shape index (κ3) is 4.47. The maximum atomic E-state index is 13.4. The van der Waals surface area contributed by atoms with Crippen molar-refractivity contribution in [1.82, 2.24) is 5.32 Å². The van der Waals surface area contributed by atoms with Crippen molar-refractivity contribution in [3.05, 3.63) is 34.6 Å². The summed E-state index contributed by atoms with van der Waals surface area (Å²) in [5, 5.41) is 3.68. The standard InChI is InChI=1S/C16H23ClFN/c1-12(14-7-8-15(17)16(18)11-14)19-10-9-13-5-3-2-4-6-13/h7-8,11-13,19H,2-6,9-10H2,1H3. The average molecular weight is 284 g/mol. The van der Waals surface area contributed by atoms with E-state index in [1.54, 1.807) is 6.07 Å². The Balaban J connectivity index is 1.76. The van der Waals surface area contributed by atoms with Gasteiger partial charge < -0.3 is 5.32 Å². The molecule has 1 aromatic rings. The maximum absolute atomic E-state index is 13.4. The number of nitrogens with one attached hydrogen (secondary N) is 1. The molecule has 106 valence electrons. The summed E-state index contributed by atoms with van der Waals surface area (Å²) < 4.78 is 13.4. The van der Waals surface area contributed by atoms with Crippen LogP contribution in [0.25, 0.3) is 0 Å². The van der Waals surface area contributed by atoms with Gasteiger partial charge in [0.2, 0.25) is 0 Å². The molecule has 1 unspecified atom stereocenters. The van der Waals surface area contributed by atoms with Gasteiger partial charge in [-0.2, -0.15) is 0 Å². The van der Waals surface area contributed by atoms with E-state index < -0.39 is 0 Å². The molecule has 0 heterocycles. The minimum atomic E-state index is -0.333. The predicted octanol–water partition coefficient (Wildman–Crippen LogP) is 5.10. The van der Waals surface area contributed by atoms with E-state index in [0.717, 1.165) is 18.0 Å². The molecule has 1 N–H and O–H groups in total. The molecule has 0 aliphatic heterocycles. The first-order chi connectivity index (χ1) is 9.16. The van der Waals surface area contributed by atoms with Crippen molar-refractivity contribution < 1.29 is 4.39 Å². The molecule has 1 aromatic carbocycles. The topological polar surface area (TPSA) is 12.0 Å². The molecule has 0 aromatic heterocycles. The van der Waals surface area contributed by atoms with Gasteiger partial charge in [-0.3, -0.25) is 0 Å². The molecule has 0 spiro atoms. The van der Waals surface area contributed by atoms with Crippen LogP contribution in [0, 0.1) is 11.7 Å². The Labute approximate surface area is 120 Å². The molecule has 1 saturated carbocycles. The molecule has 0 bridgehead atoms. The first-order valence-corrected chi connectivity index (χ1v) is 7.73. The number of hydrogen-bond donors (Lipinski definition) is 1. The van der Waals surface area contributed by atoms with Crippen LogP contribution >= 0.6 is 11.6 Å². The molecule has 1 fully saturated rings. The second kappa shape index (κ2) is 7.25. The minimum Gasteiger partial charge on any atom is -0.310 e. The predicted molar refractivity (Wildman–Crippen MR) is 79.0 cm³/mol. The number of rotatable bonds is 5. The van der Waals surface area contributed by atoms with Crippen molar-refractivity contribution in [3.63, 3.8) is 0 Å². The van der Waals surface area contributed by atoms with Crippen LogP contribution in [-0.2, 0) is 0 Å². The largest absolute Gasteiger partial charge is 0.310 e. The lowest BCUT2D eigenvalue weighted by Crippen LogP contribution is -2.22. The van der Waals surface area contributed by atoms with Crippen LogP contribution in [0.2, 0.25) is 5.02 Å². The van der Waals surface area contributed by atoms with Gasteiger partial charge in [-0.1, -0.05) is 49.8 Å². The van der Waals surface area contributed by atoms with Gasteiger partial charge in [0.15, 0.2) is 0 Å². The summed E-state index contributed by atoms with van der Waals surface area (Å²) in [6.07, 6.45) is 8.19. The molecule has 0 amide bonds. The highest BCUT2D eigenvalue weighted by Crippen LogP contribution is 2.26. The fourth-order valence-electron chi connectivity index (χ4n) is 2.88. The molecule has 1 atom stereocenters. The van der Waals surface area contributed by atoms with Crippen LogP contribution in [0.4, 0.5) is 4.39 Å². The van der Waals surface area contributed by atoms with Crippen LogP contribution in [-0.4, -0.2) is 6.54 Å². The molecule has 3 heteroatoms. The highest BCUT2D eigenvalue weighted by atomic mass is 35.5. The number of benzene rings is 1. The zero-order chi connectivity index (χ0) is 13.7. The number of hydrogen-bond acceptors (Lipinski definition) is 1. The van der Waals surface area contributed by atoms with Gasteiger partial charge in [-0.15, -0.1) is 0 Å². The minimum absolute atomic E-state index is 0.176. The van der Waals surface area contributed by atoms with Crippen molar-refractivity contribution in [1.29, 1.82) is 0 Å². The van der Waals surface area contributed by atoms with Crippen LogP contribution in [0.5, 0.6) is 0 Å². The molecule has 0 radical (unpaired) electrons. The van der Waals surface area contributed by atoms with Crippen LogP contribution in [0.3, 0.4) is 0 Å². The summed E-state index contributed by atoms with van der Waals surface area (Å²) in [6.45, 7) is 3.08. The van der Waals surface area contributed by atoms with E-state index in [-0.39, 0.29) is 16.9 Å². The van der Waals surface area contributed by atoms with E-state index >= 15 is 0 Å². The second-order valence-corrected chi connectivity index (χ2v) is 6.05. The van der Waals surface area contributed by atoms with Crippen LogP contribution in [0.15, 0.2) is 18.2 Å². The van der Waals surface area contributed by atoms with E-state index in [1.807, 2.05) is 6.07 Å². The van der Waals surface area contributed by atoms with Crippen LogP contribution in [0.1, 0.15) is 57.1 Å². The third-order valence-corrected chi connectivity index (χ3v) is 4.48. The highest BCUT2D eigenvalue weighted by molar-refractivity contribution is 6.30. The zero-order valence-corrected chi connectivity index (χ0v) is 12.3. The normalized spacial score (nSPS) is 18.5. The summed E-state index contributed by atoms with van der Waals surface area (Å²) in [5.74, 6) is 0.551. The van der Waals surface area contributed by atoms with Crippen LogP contribution < -0.4 is 5.32 Å². The van der Waals surface area contributed by atoms with Crippen molar-refractivity contribution in [2.75, 3.05) is 6.54 Å². The Morgan fingerprint density at radius 3 is 2.74 bits per heavy atom. The van der Waals surface area contributed by atoms with Crippen molar-refractivity contribution >= 4 is 11.6 Å². The Morgan fingerprint density at radius 2 is 2.05 bits per heavy atom. The van der Waals surface area contributed by atoms with Gasteiger partial charge in [-0.25, -0.2) is 4.39 Å². The summed E-state index contributed by atoms with van der Waals surface area (Å²) in [5.41, 5.74) is 0.963. The summed E-state index contributed by atoms with van der Waals surface area (Å²) in [4.78, 5) is 0. The monoisotopic (exact) mass is 283 g/mol. The average Bonchev–Trinajstić information content (AvgIpc) is 2.43. The Morgan fingerprint density at radius 1 is 1.32 bits per heavy atom. The Hall–Kier alpha value is -0.600. The van der Waals surface area contributed by atoms with E-state index in [1.165, 1.54) is 44.6 Å². The second-order valence-electron chi connectivity index (χ2n) is 5.64. The van der Waals surface area contributed by atoms with Gasteiger partial charge in [0.1, 0.15) is 5.82 Å². The molecule has 0 saturated heterocycles. The SMILES string of the molecule is CC(NCCC1CCCCC1)c1ccc(Cl)c(F)c1. The van der Waals surface area contributed by atoms with E-state index in [9.17, 15) is 4.39 Å². The lowest BCUT2D eigenvalue weighted by molar-refractivity contribution is 0.329. The highest BCUT2D eigenvalue weighted by Gasteiger charge is 2.14. The fourth-order valence-corrected chi connectivity index (χ4v) is 3.00. The first kappa shape index (κ1) is 14.8. The van der Waals surface area contributed by atoms with Crippen molar-refractivity contribution in [2.24, 2.45) is 5.92 Å². The number of halogens is 2. The molecule has 1 nitrogen and oxygen atoms in total. The van der Waals surface area contributed by atoms with Crippen molar-refractivity contribution in [3.8, 4) is 0 Å². The smallest absolute Gasteiger partial charge is 0.142 e. The molecule has 2 rings (SSSR count). The summed E-state index contributed by atoms with van der Waals surface area (Å²) in [7, 11) is 0. The molecular weight excluding hydrogens is 261 g/mol. The van der Waals surface area contributed by atoms with E-state index in [0.29, 0.717) is 0 Å². The zero-order valence-electron chi connectivity index (χ0n) is 11.6. The quantitative estimate of drug-likeness (QED) is 0.793. The molecule has 19 heavy (non-hydrogen) atoms. The van der Waals surface area contributed by atoms with E-state index in [4.69, 9.17) is 11.6 Å². The first-order valence-electron chi connectivity index (χ1n) is 7.35. The summed E-state index contributed by atoms with van der Waals surface area (Å²) >= 11 is 5.70. The Kier molecular flexibility index (Phi) is 5.65. The lowest BCUT2D eigenvalue weighted by Gasteiger charge is -2.22. The van der Waals surface area contributed by atoms with Gasteiger partial charge in [0.25, 0.3) is 0 Å². The van der Waals surface area contributed by atoms with Crippen molar-refractivity contribution in [2.45, 2.75) is 51.5 Å². The maximum Gasteiger partial charge on any atom is 0.142 e. The Bertz CT molecular complexity index is 402. The van der Waals surface area contributed by atoms with E-state index in [2.05, 4.69) is 12.2 Å². The molecular formula is C16H23ClFN. The van der Waals surface area contributed by atoms with Gasteiger partial charge in [0, 0.05) is 6.04 Å². The lowest BCUT2D eigenvalue weighted by atomic mass is 9.87. The third-order valence-electron chi connectivity index (χ3n) is 4.17. The fraction of sp³-hybridized carbons (Fsp3) is 0.625. The molecule has 1 aliphatic rings. The summed E-state index contributed by atoms with van der Waals surface area (Å²) in [6, 6.07) is 5.23. The van der Waals surface area contributed by atoms with Gasteiger partial charge in [0.05, 0.1) is 5.02 Å².